The Morgan fingerprint density at radius 1 is 1.58 bits per heavy atom. The lowest BCUT2D eigenvalue weighted by Crippen LogP contribution is -2.35. The monoisotopic (exact) mass is 267 g/mol. The summed E-state index contributed by atoms with van der Waals surface area (Å²) in [6.07, 6.45) is 2.38. The van der Waals surface area contributed by atoms with Crippen molar-refractivity contribution >= 4 is 11.8 Å². The Hall–Kier alpha value is -1.40. The predicted octanol–water partition coefficient (Wildman–Crippen LogP) is 1.16. The zero-order valence-corrected chi connectivity index (χ0v) is 11.5. The first-order valence-corrected chi connectivity index (χ1v) is 6.62. The molecule has 2 heterocycles. The van der Waals surface area contributed by atoms with Gasteiger partial charge in [-0.2, -0.15) is 0 Å². The fourth-order valence-corrected chi connectivity index (χ4v) is 2.28. The first kappa shape index (κ1) is 14.0. The third kappa shape index (κ3) is 4.33. The van der Waals surface area contributed by atoms with Gasteiger partial charge in [-0.25, -0.2) is 0 Å². The second-order valence-corrected chi connectivity index (χ2v) is 5.51. The van der Waals surface area contributed by atoms with Crippen LogP contribution in [0.5, 0.6) is 0 Å². The zero-order valence-electron chi connectivity index (χ0n) is 11.5. The largest absolute Gasteiger partial charge is 0.390 e. The molecule has 1 atom stereocenters. The predicted molar refractivity (Wildman–Crippen MR) is 70.8 cm³/mol. The van der Waals surface area contributed by atoms with E-state index in [0.717, 1.165) is 31.6 Å². The summed E-state index contributed by atoms with van der Waals surface area (Å²) >= 11 is 0. The second-order valence-electron chi connectivity index (χ2n) is 5.51. The van der Waals surface area contributed by atoms with E-state index in [0.29, 0.717) is 18.8 Å². The van der Waals surface area contributed by atoms with Crippen LogP contribution in [0.15, 0.2) is 10.6 Å². The number of nitrogens with one attached hydrogen (secondary N) is 1. The molecule has 0 bridgehead atoms. The molecule has 0 aliphatic carbocycles. The van der Waals surface area contributed by atoms with E-state index < -0.39 is 5.60 Å². The van der Waals surface area contributed by atoms with E-state index in [-0.39, 0.29) is 5.91 Å². The van der Waals surface area contributed by atoms with Crippen LogP contribution in [-0.2, 0) is 4.79 Å². The summed E-state index contributed by atoms with van der Waals surface area (Å²) in [6.45, 7) is 5.54. The van der Waals surface area contributed by atoms with Gasteiger partial charge in [-0.15, -0.1) is 0 Å². The van der Waals surface area contributed by atoms with Gasteiger partial charge in [-0.3, -0.25) is 15.0 Å². The number of hydrogen-bond acceptors (Lipinski definition) is 5. The molecule has 2 rings (SSSR count). The molecule has 19 heavy (non-hydrogen) atoms. The fraction of sp³-hybridized carbons (Fsp3) is 0.692. The van der Waals surface area contributed by atoms with Gasteiger partial charge in [0.25, 0.3) is 0 Å². The highest BCUT2D eigenvalue weighted by Gasteiger charge is 2.25. The van der Waals surface area contributed by atoms with Crippen molar-refractivity contribution < 1.29 is 14.4 Å². The Bertz CT molecular complexity index is 442. The van der Waals surface area contributed by atoms with Crippen LogP contribution in [0.3, 0.4) is 0 Å². The van der Waals surface area contributed by atoms with Crippen LogP contribution in [0.2, 0.25) is 0 Å². The van der Waals surface area contributed by atoms with Crippen molar-refractivity contribution in [2.75, 3.05) is 25.0 Å². The van der Waals surface area contributed by atoms with Crippen LogP contribution in [-0.4, -0.2) is 46.3 Å². The van der Waals surface area contributed by atoms with E-state index in [1.165, 1.54) is 0 Å². The number of carbonyl (C=O) groups is 1. The summed E-state index contributed by atoms with van der Waals surface area (Å²) in [7, 11) is 0. The van der Waals surface area contributed by atoms with Crippen molar-refractivity contribution in [3.63, 3.8) is 0 Å². The molecule has 0 aromatic carbocycles. The average Bonchev–Trinajstić information content (AvgIpc) is 2.63. The number of likely N-dealkylation sites (tertiary alicyclic amines) is 1. The fourth-order valence-electron chi connectivity index (χ4n) is 2.28. The summed E-state index contributed by atoms with van der Waals surface area (Å²) in [5.41, 5.74) is 0.133. The van der Waals surface area contributed by atoms with Crippen LogP contribution < -0.4 is 5.32 Å². The molecular weight excluding hydrogens is 246 g/mol. The molecule has 1 aromatic rings. The maximum absolute atomic E-state index is 11.9. The van der Waals surface area contributed by atoms with Crippen LogP contribution in [0.25, 0.3) is 0 Å². The smallest absolute Gasteiger partial charge is 0.240 e. The first-order chi connectivity index (χ1) is 8.94. The molecule has 6 heteroatoms. The number of nitrogens with zero attached hydrogens (tertiary/aromatic N) is 2. The van der Waals surface area contributed by atoms with Crippen molar-refractivity contribution in [1.29, 1.82) is 0 Å². The van der Waals surface area contributed by atoms with Gasteiger partial charge in [0.1, 0.15) is 0 Å². The van der Waals surface area contributed by atoms with Crippen LogP contribution in [0.4, 0.5) is 5.88 Å². The summed E-state index contributed by atoms with van der Waals surface area (Å²) < 4.78 is 4.94. The molecule has 1 saturated heterocycles. The average molecular weight is 267 g/mol. The van der Waals surface area contributed by atoms with E-state index in [4.69, 9.17) is 4.52 Å². The molecule has 106 valence electrons. The molecule has 1 aromatic heterocycles. The van der Waals surface area contributed by atoms with Gasteiger partial charge >= 0.3 is 0 Å². The third-order valence-electron chi connectivity index (χ3n) is 3.41. The van der Waals surface area contributed by atoms with Crippen molar-refractivity contribution in [2.24, 2.45) is 0 Å². The minimum atomic E-state index is -0.604. The number of amides is 1. The molecule has 1 aliphatic heterocycles. The van der Waals surface area contributed by atoms with Gasteiger partial charge in [0.15, 0.2) is 0 Å². The maximum Gasteiger partial charge on any atom is 0.240 e. The number of carbonyl (C=O) groups excluding carboxylic acids is 1. The van der Waals surface area contributed by atoms with E-state index in [2.05, 4.69) is 15.4 Å². The normalized spacial score (nSPS) is 25.0. The number of aryl methyl sites for hydroxylation is 1. The lowest BCUT2D eigenvalue weighted by Gasteiger charge is -2.21. The third-order valence-corrected chi connectivity index (χ3v) is 3.41. The van der Waals surface area contributed by atoms with Crippen molar-refractivity contribution in [3.8, 4) is 0 Å². The minimum Gasteiger partial charge on any atom is -0.390 e. The number of rotatable bonds is 3. The van der Waals surface area contributed by atoms with Gasteiger partial charge < -0.3 is 9.63 Å². The molecule has 6 nitrogen and oxygen atoms in total. The van der Waals surface area contributed by atoms with Crippen molar-refractivity contribution in [2.45, 2.75) is 38.7 Å². The quantitative estimate of drug-likeness (QED) is 0.859. The molecular formula is C13H21N3O3. The lowest BCUT2D eigenvalue weighted by molar-refractivity contribution is -0.117. The summed E-state index contributed by atoms with van der Waals surface area (Å²) in [5, 5.41) is 16.4. The highest BCUT2D eigenvalue weighted by atomic mass is 16.5. The molecule has 1 unspecified atom stereocenters. The van der Waals surface area contributed by atoms with E-state index >= 15 is 0 Å². The number of anilines is 1. The zero-order chi connectivity index (χ0) is 13.9. The SMILES string of the molecule is Cc1cc(NC(=O)CN2CCCC(C)(O)CC2)on1. The molecule has 0 radical (unpaired) electrons. The Morgan fingerprint density at radius 2 is 2.37 bits per heavy atom. The first-order valence-electron chi connectivity index (χ1n) is 6.62. The Labute approximate surface area is 112 Å². The number of hydrogen-bond donors (Lipinski definition) is 2. The Morgan fingerprint density at radius 3 is 3.05 bits per heavy atom. The van der Waals surface area contributed by atoms with Crippen molar-refractivity contribution in [1.82, 2.24) is 10.1 Å². The minimum absolute atomic E-state index is 0.113. The Kier molecular flexibility index (Phi) is 4.21. The number of aromatic nitrogens is 1. The maximum atomic E-state index is 11.9. The lowest BCUT2D eigenvalue weighted by atomic mass is 9.98. The van der Waals surface area contributed by atoms with Gasteiger partial charge in [-0.1, -0.05) is 5.16 Å². The van der Waals surface area contributed by atoms with Crippen LogP contribution in [0, 0.1) is 6.92 Å². The van der Waals surface area contributed by atoms with E-state index in [9.17, 15) is 9.90 Å². The molecule has 1 fully saturated rings. The van der Waals surface area contributed by atoms with Gasteiger partial charge in [0.2, 0.25) is 11.8 Å². The van der Waals surface area contributed by atoms with E-state index in [1.807, 2.05) is 6.92 Å². The highest BCUT2D eigenvalue weighted by molar-refractivity contribution is 5.90. The molecule has 1 amide bonds. The highest BCUT2D eigenvalue weighted by Crippen LogP contribution is 2.21. The van der Waals surface area contributed by atoms with Crippen LogP contribution in [0.1, 0.15) is 31.9 Å². The summed E-state index contributed by atoms with van der Waals surface area (Å²) in [5.74, 6) is 0.266. The summed E-state index contributed by atoms with van der Waals surface area (Å²) in [6, 6.07) is 1.69. The molecule has 1 aliphatic rings. The van der Waals surface area contributed by atoms with Crippen LogP contribution >= 0.6 is 0 Å². The van der Waals surface area contributed by atoms with Gasteiger partial charge in [-0.05, 0) is 39.7 Å². The van der Waals surface area contributed by atoms with Crippen molar-refractivity contribution in [3.05, 3.63) is 11.8 Å². The van der Waals surface area contributed by atoms with Gasteiger partial charge in [0, 0.05) is 12.6 Å². The standard InChI is InChI=1S/C13H21N3O3/c1-10-8-12(19-15-10)14-11(17)9-16-6-3-4-13(2,18)5-7-16/h8,18H,3-7,9H2,1-2H3,(H,14,17). The Balaban J connectivity index is 1.82. The second kappa shape index (κ2) is 5.71. The molecule has 0 saturated carbocycles. The topological polar surface area (TPSA) is 78.6 Å². The van der Waals surface area contributed by atoms with E-state index in [1.54, 1.807) is 13.0 Å². The summed E-state index contributed by atoms with van der Waals surface area (Å²) in [4.78, 5) is 13.9. The number of aliphatic hydroxyl groups is 1. The molecule has 2 N–H and O–H groups in total. The molecule has 0 spiro atoms. The van der Waals surface area contributed by atoms with Gasteiger partial charge in [0.05, 0.1) is 17.8 Å².